The number of benzene rings is 2. The van der Waals surface area contributed by atoms with Crippen molar-refractivity contribution in [3.63, 3.8) is 0 Å². The Morgan fingerprint density at radius 1 is 0.714 bits per heavy atom. The van der Waals surface area contributed by atoms with Crippen LogP contribution in [0.1, 0.15) is 37.1 Å². The van der Waals surface area contributed by atoms with Gasteiger partial charge in [0.05, 0.1) is 0 Å². The Kier molecular flexibility index (Phi) is 3.89. The Bertz CT molecular complexity index is 554. The molecule has 1 aliphatic rings. The van der Waals surface area contributed by atoms with Gasteiger partial charge in [0, 0.05) is 23.9 Å². The summed E-state index contributed by atoms with van der Waals surface area (Å²) in [6, 6.07) is 20.7. The highest BCUT2D eigenvalue weighted by molar-refractivity contribution is 5.85. The number of carbonyl (C=O) groups is 1. The summed E-state index contributed by atoms with van der Waals surface area (Å²) in [5.41, 5.74) is 2.37. The van der Waals surface area contributed by atoms with Crippen molar-refractivity contribution >= 4 is 5.78 Å². The quantitative estimate of drug-likeness (QED) is 0.903. The zero-order valence-corrected chi connectivity index (χ0v) is 12.5. The topological polar surface area (TPSA) is 29.1 Å². The monoisotopic (exact) mass is 279 g/mol. The zero-order valence-electron chi connectivity index (χ0n) is 12.5. The number of piperidine rings is 1. The second-order valence-corrected chi connectivity index (χ2v) is 5.92. The molecule has 2 aromatic rings. The first-order chi connectivity index (χ1) is 10.2. The van der Waals surface area contributed by atoms with E-state index in [1.807, 2.05) is 50.2 Å². The van der Waals surface area contributed by atoms with E-state index in [1.54, 1.807) is 0 Å². The zero-order chi connectivity index (χ0) is 14.8. The summed E-state index contributed by atoms with van der Waals surface area (Å²) < 4.78 is 0. The van der Waals surface area contributed by atoms with Crippen LogP contribution < -0.4 is 5.32 Å². The van der Waals surface area contributed by atoms with Gasteiger partial charge in [0.15, 0.2) is 0 Å². The molecule has 0 saturated carbocycles. The third-order valence-electron chi connectivity index (χ3n) is 4.57. The van der Waals surface area contributed by atoms with Crippen LogP contribution in [0, 0.1) is 11.8 Å². The Labute approximate surface area is 126 Å². The molecule has 1 heterocycles. The van der Waals surface area contributed by atoms with Gasteiger partial charge in [0.1, 0.15) is 5.78 Å². The SMILES string of the molecule is C[C@@H]1C(=O)[C@H](C)[C@H](c2ccccc2)N[C@H]1c1ccccc1. The molecule has 0 unspecified atom stereocenters. The minimum atomic E-state index is 0.00219. The molecule has 0 aliphatic carbocycles. The summed E-state index contributed by atoms with van der Waals surface area (Å²) in [6.07, 6.45) is 0. The molecule has 0 amide bonds. The molecule has 0 spiro atoms. The van der Waals surface area contributed by atoms with Gasteiger partial charge in [-0.2, -0.15) is 0 Å². The highest BCUT2D eigenvalue weighted by Gasteiger charge is 2.39. The van der Waals surface area contributed by atoms with Crippen molar-refractivity contribution < 1.29 is 4.79 Å². The average Bonchev–Trinajstić information content (AvgIpc) is 2.55. The van der Waals surface area contributed by atoms with E-state index in [4.69, 9.17) is 0 Å². The van der Waals surface area contributed by atoms with Crippen molar-refractivity contribution in [2.45, 2.75) is 25.9 Å². The highest BCUT2D eigenvalue weighted by Crippen LogP contribution is 2.37. The number of Topliss-reactive ketones (excluding diaryl/α,β-unsaturated/α-hetero) is 1. The van der Waals surface area contributed by atoms with Crippen LogP contribution in [0.4, 0.5) is 0 Å². The molecule has 4 atom stereocenters. The second kappa shape index (κ2) is 5.82. The summed E-state index contributed by atoms with van der Waals surface area (Å²) in [5, 5.41) is 3.70. The third-order valence-corrected chi connectivity index (χ3v) is 4.57. The summed E-state index contributed by atoms with van der Waals surface area (Å²) in [4.78, 5) is 12.7. The molecule has 3 rings (SSSR count). The fraction of sp³-hybridized carbons (Fsp3) is 0.316. The fourth-order valence-electron chi connectivity index (χ4n) is 3.32. The molecule has 2 nitrogen and oxygen atoms in total. The van der Waals surface area contributed by atoms with Crippen LogP contribution in [0.25, 0.3) is 0 Å². The van der Waals surface area contributed by atoms with E-state index in [1.165, 1.54) is 11.1 Å². The van der Waals surface area contributed by atoms with Gasteiger partial charge in [0.25, 0.3) is 0 Å². The Hall–Kier alpha value is -1.93. The van der Waals surface area contributed by atoms with Crippen LogP contribution in [0.15, 0.2) is 60.7 Å². The van der Waals surface area contributed by atoms with Gasteiger partial charge >= 0.3 is 0 Å². The lowest BCUT2D eigenvalue weighted by molar-refractivity contribution is -0.130. The minimum Gasteiger partial charge on any atom is -0.302 e. The lowest BCUT2D eigenvalue weighted by Gasteiger charge is -2.39. The van der Waals surface area contributed by atoms with Crippen LogP contribution >= 0.6 is 0 Å². The largest absolute Gasteiger partial charge is 0.302 e. The first kappa shape index (κ1) is 14.0. The van der Waals surface area contributed by atoms with E-state index in [0.717, 1.165) is 0 Å². The summed E-state index contributed by atoms with van der Waals surface area (Å²) in [7, 11) is 0. The van der Waals surface area contributed by atoms with Crippen molar-refractivity contribution in [3.8, 4) is 0 Å². The maximum Gasteiger partial charge on any atom is 0.142 e. The number of nitrogens with one attached hydrogen (secondary N) is 1. The molecule has 1 fully saturated rings. The molecular formula is C19H21NO. The highest BCUT2D eigenvalue weighted by atomic mass is 16.1. The first-order valence-electron chi connectivity index (χ1n) is 7.58. The van der Waals surface area contributed by atoms with Crippen LogP contribution in [0.2, 0.25) is 0 Å². The number of ketones is 1. The van der Waals surface area contributed by atoms with E-state index >= 15 is 0 Å². The second-order valence-electron chi connectivity index (χ2n) is 5.92. The molecule has 0 radical (unpaired) electrons. The average molecular weight is 279 g/mol. The lowest BCUT2D eigenvalue weighted by atomic mass is 9.76. The summed E-state index contributed by atoms with van der Waals surface area (Å²) in [6.45, 7) is 4.06. The number of rotatable bonds is 2. The maximum atomic E-state index is 12.7. The van der Waals surface area contributed by atoms with Crippen molar-refractivity contribution in [1.29, 1.82) is 0 Å². The van der Waals surface area contributed by atoms with Gasteiger partial charge in [-0.15, -0.1) is 0 Å². The predicted molar refractivity (Wildman–Crippen MR) is 84.8 cm³/mol. The molecule has 1 aliphatic heterocycles. The molecule has 108 valence electrons. The first-order valence-corrected chi connectivity index (χ1v) is 7.58. The Balaban J connectivity index is 1.95. The molecular weight excluding hydrogens is 258 g/mol. The smallest absolute Gasteiger partial charge is 0.142 e. The molecule has 2 heteroatoms. The van der Waals surface area contributed by atoms with Gasteiger partial charge in [0.2, 0.25) is 0 Å². The fourth-order valence-corrected chi connectivity index (χ4v) is 3.32. The molecule has 21 heavy (non-hydrogen) atoms. The van der Waals surface area contributed by atoms with Crippen LogP contribution in [0.3, 0.4) is 0 Å². The summed E-state index contributed by atoms with van der Waals surface area (Å²) in [5.74, 6) is 0.348. The van der Waals surface area contributed by atoms with Crippen molar-refractivity contribution in [2.24, 2.45) is 11.8 Å². The third kappa shape index (κ3) is 2.64. The molecule has 2 aromatic carbocycles. The van der Waals surface area contributed by atoms with E-state index in [0.29, 0.717) is 5.78 Å². The predicted octanol–water partition coefficient (Wildman–Crippen LogP) is 3.91. The van der Waals surface area contributed by atoms with Crippen LogP contribution in [0.5, 0.6) is 0 Å². The molecule has 1 N–H and O–H groups in total. The molecule has 1 saturated heterocycles. The van der Waals surface area contributed by atoms with E-state index in [-0.39, 0.29) is 23.9 Å². The normalized spacial score (nSPS) is 29.3. The van der Waals surface area contributed by atoms with Crippen LogP contribution in [-0.2, 0) is 4.79 Å². The Morgan fingerprint density at radius 2 is 1.10 bits per heavy atom. The Morgan fingerprint density at radius 3 is 1.48 bits per heavy atom. The van der Waals surface area contributed by atoms with Gasteiger partial charge < -0.3 is 5.32 Å². The number of hydrogen-bond acceptors (Lipinski definition) is 2. The van der Waals surface area contributed by atoms with Gasteiger partial charge in [-0.25, -0.2) is 0 Å². The van der Waals surface area contributed by atoms with Crippen molar-refractivity contribution in [2.75, 3.05) is 0 Å². The van der Waals surface area contributed by atoms with Gasteiger partial charge in [-0.3, -0.25) is 4.79 Å². The van der Waals surface area contributed by atoms with Gasteiger partial charge in [-0.05, 0) is 11.1 Å². The van der Waals surface area contributed by atoms with Crippen molar-refractivity contribution in [1.82, 2.24) is 5.32 Å². The molecule has 0 aromatic heterocycles. The van der Waals surface area contributed by atoms with Crippen LogP contribution in [-0.4, -0.2) is 5.78 Å². The summed E-state index contributed by atoms with van der Waals surface area (Å²) >= 11 is 0. The number of hydrogen-bond donors (Lipinski definition) is 1. The minimum absolute atomic E-state index is 0.00219. The van der Waals surface area contributed by atoms with E-state index in [9.17, 15) is 4.79 Å². The number of carbonyl (C=O) groups excluding carboxylic acids is 1. The van der Waals surface area contributed by atoms with E-state index in [2.05, 4.69) is 29.6 Å². The van der Waals surface area contributed by atoms with Gasteiger partial charge in [-0.1, -0.05) is 74.5 Å². The standard InChI is InChI=1S/C19H21NO/c1-13-17(15-9-5-3-6-10-15)20-18(14(2)19(13)21)16-11-7-4-8-12-16/h3-14,17-18,20H,1-2H3/t13-,14+,17-,18-/m1/s1. The van der Waals surface area contributed by atoms with Crippen molar-refractivity contribution in [3.05, 3.63) is 71.8 Å². The molecule has 0 bridgehead atoms. The maximum absolute atomic E-state index is 12.7. The lowest BCUT2D eigenvalue weighted by Crippen LogP contribution is -2.46. The van der Waals surface area contributed by atoms with E-state index < -0.39 is 0 Å².